The summed E-state index contributed by atoms with van der Waals surface area (Å²) < 4.78 is 6.01. The molecule has 0 unspecified atom stereocenters. The summed E-state index contributed by atoms with van der Waals surface area (Å²) in [5, 5.41) is 46.7. The van der Waals surface area contributed by atoms with Crippen molar-refractivity contribution < 1.29 is 34.8 Å². The van der Waals surface area contributed by atoms with Crippen LogP contribution in [0.25, 0.3) is 0 Å². The zero-order chi connectivity index (χ0) is 26.2. The Balaban J connectivity index is 1.85. The molecule has 0 aromatic rings. The van der Waals surface area contributed by atoms with Crippen molar-refractivity contribution in [3.63, 3.8) is 0 Å². The van der Waals surface area contributed by atoms with Crippen molar-refractivity contribution >= 4 is 11.8 Å². The Morgan fingerprint density at radius 3 is 2.37 bits per heavy atom. The monoisotopic (exact) mass is 490 g/mol. The molecule has 3 fully saturated rings. The maximum absolute atomic E-state index is 13.0. The molecule has 0 aliphatic heterocycles. The van der Waals surface area contributed by atoms with E-state index in [2.05, 4.69) is 6.92 Å². The molecule has 7 heteroatoms. The molecule has 0 bridgehead atoms. The standard InChI is InChI=1S/C28H42O7/c1-16(2)17(3)13-23(31)35-22-15-21-24(5)9-8-20(30)14-19(24)7-10-27(21,33)28(34)12-11-26(32,18(4)29)25(22,28)6/h7,13,16,20-22,30,32-34H,8-12,14-15H2,1-6H3/b17-13+/t20-,21-,22+,24-,25-,26+,27+,28+/m0/s1. The summed E-state index contributed by atoms with van der Waals surface area (Å²) in [5.41, 5.74) is -5.62. The lowest BCUT2D eigenvalue weighted by Gasteiger charge is -2.67. The second kappa shape index (κ2) is 8.23. The molecular formula is C28H42O7. The number of fused-ring (bicyclic) bond motifs is 5. The van der Waals surface area contributed by atoms with E-state index in [0.29, 0.717) is 19.3 Å². The van der Waals surface area contributed by atoms with Gasteiger partial charge in [0, 0.05) is 12.0 Å². The molecule has 7 nitrogen and oxygen atoms in total. The Kier molecular flexibility index (Phi) is 6.24. The van der Waals surface area contributed by atoms with Crippen LogP contribution in [0.2, 0.25) is 0 Å². The highest BCUT2D eigenvalue weighted by atomic mass is 16.5. The summed E-state index contributed by atoms with van der Waals surface area (Å²) in [6.07, 6.45) is 4.01. The number of Topliss-reactive ketones (excluding diaryl/α,β-unsaturated/α-hetero) is 1. The van der Waals surface area contributed by atoms with Crippen LogP contribution < -0.4 is 0 Å². The van der Waals surface area contributed by atoms with Gasteiger partial charge in [-0.05, 0) is 77.0 Å². The highest BCUT2D eigenvalue weighted by molar-refractivity contribution is 5.87. The lowest BCUT2D eigenvalue weighted by atomic mass is 9.42. The van der Waals surface area contributed by atoms with Crippen molar-refractivity contribution in [1.82, 2.24) is 0 Å². The second-order valence-corrected chi connectivity index (χ2v) is 12.4. The average Bonchev–Trinajstić information content (AvgIpc) is 3.00. The van der Waals surface area contributed by atoms with Crippen LogP contribution in [0.4, 0.5) is 0 Å². The largest absolute Gasteiger partial charge is 0.458 e. The van der Waals surface area contributed by atoms with Gasteiger partial charge in [-0.15, -0.1) is 0 Å². The molecule has 4 N–H and O–H groups in total. The zero-order valence-electron chi connectivity index (χ0n) is 21.9. The number of carbonyl (C=O) groups excluding carboxylic acids is 2. The predicted octanol–water partition coefficient (Wildman–Crippen LogP) is 2.98. The maximum atomic E-state index is 13.0. The average molecular weight is 491 g/mol. The number of ketones is 1. The molecule has 4 aliphatic rings. The third kappa shape index (κ3) is 3.38. The number of hydrogen-bond acceptors (Lipinski definition) is 7. The van der Waals surface area contributed by atoms with Gasteiger partial charge in [-0.25, -0.2) is 4.79 Å². The van der Waals surface area contributed by atoms with Crippen LogP contribution in [-0.4, -0.2) is 61.2 Å². The number of aliphatic hydroxyl groups is 4. The molecule has 0 spiro atoms. The minimum absolute atomic E-state index is 0.0172. The normalized spacial score (nSPS) is 47.5. The van der Waals surface area contributed by atoms with Crippen molar-refractivity contribution in [2.45, 2.75) is 115 Å². The Morgan fingerprint density at radius 1 is 1.11 bits per heavy atom. The Hall–Kier alpha value is -1.54. The van der Waals surface area contributed by atoms with Crippen molar-refractivity contribution in [2.75, 3.05) is 0 Å². The first-order valence-electron chi connectivity index (χ1n) is 13.0. The van der Waals surface area contributed by atoms with Gasteiger partial charge in [-0.3, -0.25) is 4.79 Å². The van der Waals surface area contributed by atoms with Crippen molar-refractivity contribution in [1.29, 1.82) is 0 Å². The molecule has 35 heavy (non-hydrogen) atoms. The molecule has 0 saturated heterocycles. The molecule has 3 saturated carbocycles. The van der Waals surface area contributed by atoms with Gasteiger partial charge in [0.1, 0.15) is 22.9 Å². The van der Waals surface area contributed by atoms with Crippen LogP contribution in [0.3, 0.4) is 0 Å². The minimum Gasteiger partial charge on any atom is -0.458 e. The van der Waals surface area contributed by atoms with E-state index in [9.17, 15) is 30.0 Å². The molecular weight excluding hydrogens is 448 g/mol. The Bertz CT molecular complexity index is 984. The molecule has 196 valence electrons. The van der Waals surface area contributed by atoms with E-state index in [1.54, 1.807) is 6.92 Å². The topological polar surface area (TPSA) is 124 Å². The van der Waals surface area contributed by atoms with Crippen molar-refractivity contribution in [3.8, 4) is 0 Å². The van der Waals surface area contributed by atoms with Crippen LogP contribution in [-0.2, 0) is 14.3 Å². The van der Waals surface area contributed by atoms with Gasteiger partial charge >= 0.3 is 5.97 Å². The van der Waals surface area contributed by atoms with E-state index >= 15 is 0 Å². The SMILES string of the molecule is CC(=O)[C@]1(O)CC[C@@]2(O)[C@@]1(C)[C@H](OC(=O)/C=C(\C)C(C)C)C[C@H]1[C@@]3(C)CC[C@H](O)CC3=CC[C@@]12O. The van der Waals surface area contributed by atoms with Gasteiger partial charge in [0.25, 0.3) is 0 Å². The first-order chi connectivity index (χ1) is 16.1. The number of esters is 1. The molecule has 0 aromatic heterocycles. The van der Waals surface area contributed by atoms with Gasteiger partial charge in [0.2, 0.25) is 0 Å². The number of hydrogen-bond donors (Lipinski definition) is 4. The fraction of sp³-hybridized carbons (Fsp3) is 0.786. The Morgan fingerprint density at radius 2 is 1.77 bits per heavy atom. The molecule has 4 rings (SSSR count). The third-order valence-electron chi connectivity index (χ3n) is 10.7. The highest BCUT2D eigenvalue weighted by Gasteiger charge is 2.81. The molecule has 8 atom stereocenters. The highest BCUT2D eigenvalue weighted by Crippen LogP contribution is 2.70. The fourth-order valence-electron chi connectivity index (χ4n) is 7.90. The minimum atomic E-state index is -1.95. The molecule has 0 aromatic carbocycles. The van der Waals surface area contributed by atoms with E-state index in [1.165, 1.54) is 13.0 Å². The number of rotatable bonds is 4. The van der Waals surface area contributed by atoms with Crippen molar-refractivity contribution in [2.24, 2.45) is 22.7 Å². The summed E-state index contributed by atoms with van der Waals surface area (Å²) in [7, 11) is 0. The van der Waals surface area contributed by atoms with Crippen LogP contribution in [0.5, 0.6) is 0 Å². The van der Waals surface area contributed by atoms with Gasteiger partial charge in [-0.1, -0.05) is 38.0 Å². The molecule has 0 amide bonds. The van der Waals surface area contributed by atoms with Crippen LogP contribution >= 0.6 is 0 Å². The zero-order valence-corrected chi connectivity index (χ0v) is 21.9. The van der Waals surface area contributed by atoms with Crippen LogP contribution in [0.15, 0.2) is 23.3 Å². The van der Waals surface area contributed by atoms with Gasteiger partial charge in [0.15, 0.2) is 5.78 Å². The Labute approximate surface area is 208 Å². The van der Waals surface area contributed by atoms with E-state index in [1.807, 2.05) is 26.8 Å². The molecule has 0 radical (unpaired) electrons. The quantitative estimate of drug-likeness (QED) is 0.271. The smallest absolute Gasteiger partial charge is 0.330 e. The number of carbonyl (C=O) groups is 2. The van der Waals surface area contributed by atoms with Gasteiger partial charge < -0.3 is 25.2 Å². The van der Waals surface area contributed by atoms with E-state index in [-0.39, 0.29) is 31.6 Å². The summed E-state index contributed by atoms with van der Waals surface area (Å²) in [6.45, 7) is 10.7. The fourth-order valence-corrected chi connectivity index (χ4v) is 7.90. The van der Waals surface area contributed by atoms with Crippen LogP contribution in [0.1, 0.15) is 86.5 Å². The van der Waals surface area contributed by atoms with Crippen LogP contribution in [0, 0.1) is 22.7 Å². The van der Waals surface area contributed by atoms with Crippen molar-refractivity contribution in [3.05, 3.63) is 23.3 Å². The first kappa shape index (κ1) is 26.5. The lowest BCUT2D eigenvalue weighted by molar-refractivity contribution is -0.314. The number of aliphatic hydroxyl groups excluding tert-OH is 1. The maximum Gasteiger partial charge on any atom is 0.330 e. The van der Waals surface area contributed by atoms with Gasteiger partial charge in [0.05, 0.1) is 11.5 Å². The van der Waals surface area contributed by atoms with E-state index in [0.717, 1.165) is 11.1 Å². The van der Waals surface area contributed by atoms with E-state index < -0.39 is 57.5 Å². The third-order valence-corrected chi connectivity index (χ3v) is 10.7. The van der Waals surface area contributed by atoms with Gasteiger partial charge in [-0.2, -0.15) is 0 Å². The predicted molar refractivity (Wildman–Crippen MR) is 130 cm³/mol. The first-order valence-corrected chi connectivity index (χ1v) is 13.0. The summed E-state index contributed by atoms with van der Waals surface area (Å²) in [6, 6.07) is 0. The number of allylic oxidation sites excluding steroid dienone is 1. The molecule has 0 heterocycles. The summed E-state index contributed by atoms with van der Waals surface area (Å²) >= 11 is 0. The lowest BCUT2D eigenvalue weighted by Crippen LogP contribution is -2.78. The second-order valence-electron chi connectivity index (χ2n) is 12.4. The van der Waals surface area contributed by atoms with E-state index in [4.69, 9.17) is 4.74 Å². The summed E-state index contributed by atoms with van der Waals surface area (Å²) in [4.78, 5) is 25.9. The number of ether oxygens (including phenoxy) is 1. The molecule has 4 aliphatic carbocycles. The summed E-state index contributed by atoms with van der Waals surface area (Å²) in [5.74, 6) is -1.41.